The minimum atomic E-state index is -0.0466. The average molecular weight is 228 g/mol. The Morgan fingerprint density at radius 3 is 2.65 bits per heavy atom. The lowest BCUT2D eigenvalue weighted by molar-refractivity contribution is 0.101. The van der Waals surface area contributed by atoms with Crippen LogP contribution in [0.3, 0.4) is 0 Å². The van der Waals surface area contributed by atoms with Gasteiger partial charge in [-0.05, 0) is 18.2 Å². The first-order valence-electron chi connectivity index (χ1n) is 5.18. The van der Waals surface area contributed by atoms with Gasteiger partial charge < -0.3 is 4.74 Å². The first kappa shape index (κ1) is 11.3. The number of methoxy groups -OCH3 is 1. The van der Waals surface area contributed by atoms with Gasteiger partial charge in [-0.1, -0.05) is 6.07 Å². The van der Waals surface area contributed by atoms with Crippen LogP contribution in [0.5, 0.6) is 5.88 Å². The van der Waals surface area contributed by atoms with Crippen molar-refractivity contribution in [3.8, 4) is 17.0 Å². The number of rotatable bonds is 3. The Morgan fingerprint density at radius 2 is 2.06 bits per heavy atom. The summed E-state index contributed by atoms with van der Waals surface area (Å²) in [6.07, 6.45) is 3.32. The van der Waals surface area contributed by atoms with Crippen molar-refractivity contribution < 1.29 is 9.53 Å². The highest BCUT2D eigenvalue weighted by molar-refractivity contribution is 5.92. The van der Waals surface area contributed by atoms with E-state index in [1.165, 1.54) is 6.92 Å². The van der Waals surface area contributed by atoms with E-state index in [1.807, 2.05) is 18.2 Å². The third kappa shape index (κ3) is 2.30. The molecule has 0 amide bonds. The molecule has 0 aliphatic heterocycles. The summed E-state index contributed by atoms with van der Waals surface area (Å²) >= 11 is 0. The molecule has 0 unspecified atom stereocenters. The molecular weight excluding hydrogens is 216 g/mol. The molecule has 4 nitrogen and oxygen atoms in total. The quantitative estimate of drug-likeness (QED) is 0.757. The van der Waals surface area contributed by atoms with Gasteiger partial charge in [0.05, 0.1) is 7.11 Å². The second-order valence-electron chi connectivity index (χ2n) is 3.55. The lowest BCUT2D eigenvalue weighted by atomic mass is 10.1. The second-order valence-corrected chi connectivity index (χ2v) is 3.55. The zero-order valence-corrected chi connectivity index (χ0v) is 9.68. The smallest absolute Gasteiger partial charge is 0.221 e. The van der Waals surface area contributed by atoms with E-state index < -0.39 is 0 Å². The van der Waals surface area contributed by atoms with Gasteiger partial charge >= 0.3 is 0 Å². The summed E-state index contributed by atoms with van der Waals surface area (Å²) in [6.45, 7) is 1.49. The highest BCUT2D eigenvalue weighted by atomic mass is 16.5. The lowest BCUT2D eigenvalue weighted by Gasteiger charge is -2.06. The third-order valence-electron chi connectivity index (χ3n) is 2.40. The third-order valence-corrected chi connectivity index (χ3v) is 2.40. The van der Waals surface area contributed by atoms with Crippen molar-refractivity contribution in [2.75, 3.05) is 7.11 Å². The molecule has 2 heterocycles. The molecule has 0 aliphatic rings. The fourth-order valence-corrected chi connectivity index (χ4v) is 1.53. The SMILES string of the molecule is COc1ncccc1-c1ccc(C(C)=O)nc1. The number of ketones is 1. The maximum atomic E-state index is 11.1. The largest absolute Gasteiger partial charge is 0.481 e. The van der Waals surface area contributed by atoms with Crippen LogP contribution < -0.4 is 4.74 Å². The Balaban J connectivity index is 2.43. The highest BCUT2D eigenvalue weighted by Crippen LogP contribution is 2.26. The van der Waals surface area contributed by atoms with Crippen LogP contribution in [0.4, 0.5) is 0 Å². The number of pyridine rings is 2. The number of hydrogen-bond donors (Lipinski definition) is 0. The maximum Gasteiger partial charge on any atom is 0.221 e. The Labute approximate surface area is 99.3 Å². The monoisotopic (exact) mass is 228 g/mol. The summed E-state index contributed by atoms with van der Waals surface area (Å²) in [6, 6.07) is 7.26. The zero-order valence-electron chi connectivity index (χ0n) is 9.68. The first-order valence-corrected chi connectivity index (χ1v) is 5.18. The van der Waals surface area contributed by atoms with Crippen molar-refractivity contribution in [2.45, 2.75) is 6.92 Å². The van der Waals surface area contributed by atoms with Crippen LogP contribution in [0.15, 0.2) is 36.7 Å². The second kappa shape index (κ2) is 4.74. The number of Topliss-reactive ketones (excluding diaryl/α,β-unsaturated/α-hetero) is 1. The fraction of sp³-hybridized carbons (Fsp3) is 0.154. The van der Waals surface area contributed by atoms with Crippen molar-refractivity contribution in [1.82, 2.24) is 9.97 Å². The van der Waals surface area contributed by atoms with E-state index in [4.69, 9.17) is 4.74 Å². The number of carbonyl (C=O) groups is 1. The molecule has 2 aromatic rings. The maximum absolute atomic E-state index is 11.1. The minimum Gasteiger partial charge on any atom is -0.481 e. The molecule has 2 rings (SSSR count). The normalized spacial score (nSPS) is 10.0. The topological polar surface area (TPSA) is 52.1 Å². The van der Waals surface area contributed by atoms with E-state index in [1.54, 1.807) is 25.6 Å². The Kier molecular flexibility index (Phi) is 3.14. The molecule has 0 fully saturated rings. The summed E-state index contributed by atoms with van der Waals surface area (Å²) in [4.78, 5) is 19.3. The minimum absolute atomic E-state index is 0.0466. The summed E-state index contributed by atoms with van der Waals surface area (Å²) in [5.74, 6) is 0.500. The van der Waals surface area contributed by atoms with Crippen molar-refractivity contribution in [1.29, 1.82) is 0 Å². The number of nitrogens with zero attached hydrogens (tertiary/aromatic N) is 2. The van der Waals surface area contributed by atoms with Crippen LogP contribution in [-0.2, 0) is 0 Å². The van der Waals surface area contributed by atoms with Crippen molar-refractivity contribution >= 4 is 5.78 Å². The van der Waals surface area contributed by atoms with Crippen LogP contribution in [0.1, 0.15) is 17.4 Å². The molecular formula is C13H12N2O2. The van der Waals surface area contributed by atoms with Crippen LogP contribution in [0.25, 0.3) is 11.1 Å². The standard InChI is InChI=1S/C13H12N2O2/c1-9(16)12-6-5-10(8-15-12)11-4-3-7-14-13(11)17-2/h3-8H,1-2H3. The molecule has 0 saturated heterocycles. The number of hydrogen-bond acceptors (Lipinski definition) is 4. The van der Waals surface area contributed by atoms with E-state index in [-0.39, 0.29) is 5.78 Å². The molecule has 0 aromatic carbocycles. The molecule has 0 spiro atoms. The van der Waals surface area contributed by atoms with Gasteiger partial charge in [0.2, 0.25) is 5.88 Å². The van der Waals surface area contributed by atoms with Gasteiger partial charge in [-0.3, -0.25) is 9.78 Å². The number of aromatic nitrogens is 2. The van der Waals surface area contributed by atoms with Gasteiger partial charge in [0, 0.05) is 30.4 Å². The van der Waals surface area contributed by atoms with Gasteiger partial charge in [-0.2, -0.15) is 0 Å². The van der Waals surface area contributed by atoms with E-state index in [9.17, 15) is 4.79 Å². The van der Waals surface area contributed by atoms with Gasteiger partial charge in [-0.15, -0.1) is 0 Å². The predicted molar refractivity (Wildman–Crippen MR) is 64.0 cm³/mol. The predicted octanol–water partition coefficient (Wildman–Crippen LogP) is 2.35. The Morgan fingerprint density at radius 1 is 1.24 bits per heavy atom. The van der Waals surface area contributed by atoms with Crippen LogP contribution in [0, 0.1) is 0 Å². The molecule has 86 valence electrons. The number of carbonyl (C=O) groups excluding carboxylic acids is 1. The van der Waals surface area contributed by atoms with Gasteiger partial charge in [0.15, 0.2) is 5.78 Å². The molecule has 0 N–H and O–H groups in total. The molecule has 2 aromatic heterocycles. The summed E-state index contributed by atoms with van der Waals surface area (Å²) in [7, 11) is 1.57. The van der Waals surface area contributed by atoms with E-state index in [0.717, 1.165) is 11.1 Å². The number of ether oxygens (including phenoxy) is 1. The Bertz CT molecular complexity index is 535. The van der Waals surface area contributed by atoms with Gasteiger partial charge in [0.25, 0.3) is 0 Å². The van der Waals surface area contributed by atoms with Crippen LogP contribution >= 0.6 is 0 Å². The molecule has 0 saturated carbocycles. The average Bonchev–Trinajstić information content (AvgIpc) is 2.39. The zero-order chi connectivity index (χ0) is 12.3. The van der Waals surface area contributed by atoms with Gasteiger partial charge in [-0.25, -0.2) is 4.98 Å². The molecule has 4 heteroatoms. The molecule has 0 bridgehead atoms. The van der Waals surface area contributed by atoms with E-state index >= 15 is 0 Å². The van der Waals surface area contributed by atoms with Crippen molar-refractivity contribution in [2.24, 2.45) is 0 Å². The molecule has 0 aliphatic carbocycles. The molecule has 17 heavy (non-hydrogen) atoms. The fourth-order valence-electron chi connectivity index (χ4n) is 1.53. The first-order chi connectivity index (χ1) is 8.22. The highest BCUT2D eigenvalue weighted by Gasteiger charge is 2.07. The van der Waals surface area contributed by atoms with Crippen molar-refractivity contribution in [3.05, 3.63) is 42.4 Å². The van der Waals surface area contributed by atoms with Gasteiger partial charge in [0.1, 0.15) is 5.69 Å². The van der Waals surface area contributed by atoms with Crippen molar-refractivity contribution in [3.63, 3.8) is 0 Å². The summed E-state index contributed by atoms with van der Waals surface area (Å²) in [5.41, 5.74) is 2.19. The Hall–Kier alpha value is -2.23. The molecule has 0 radical (unpaired) electrons. The lowest BCUT2D eigenvalue weighted by Crippen LogP contribution is -1.96. The van der Waals surface area contributed by atoms with E-state index in [2.05, 4.69) is 9.97 Å². The van der Waals surface area contributed by atoms with E-state index in [0.29, 0.717) is 11.6 Å². The summed E-state index contributed by atoms with van der Waals surface area (Å²) in [5, 5.41) is 0. The van der Waals surface area contributed by atoms with Crippen LogP contribution in [-0.4, -0.2) is 22.9 Å². The van der Waals surface area contributed by atoms with Crippen LogP contribution in [0.2, 0.25) is 0 Å². The summed E-state index contributed by atoms with van der Waals surface area (Å²) < 4.78 is 5.17. The molecule has 0 atom stereocenters.